The molecule has 0 aliphatic carbocycles. The van der Waals surface area contributed by atoms with Crippen LogP contribution in [0.5, 0.6) is 0 Å². The van der Waals surface area contributed by atoms with Crippen LogP contribution < -0.4 is 5.32 Å². The van der Waals surface area contributed by atoms with Crippen LogP contribution in [0.4, 0.5) is 11.4 Å². The molecule has 0 aromatic heterocycles. The molecule has 2 nitrogen and oxygen atoms in total. The molecule has 3 aromatic rings. The van der Waals surface area contributed by atoms with Gasteiger partial charge in [-0.25, -0.2) is 4.99 Å². The zero-order chi connectivity index (χ0) is 13.5. The molecule has 0 saturated heterocycles. The fourth-order valence-corrected chi connectivity index (χ4v) is 2.75. The SMILES string of the molecule is Cc1cccc(NC2=Nc3cccc4cccc2c34)c1. The van der Waals surface area contributed by atoms with Crippen molar-refractivity contribution < 1.29 is 0 Å². The van der Waals surface area contributed by atoms with Gasteiger partial charge in [-0.05, 0) is 36.1 Å². The number of hydrogen-bond donors (Lipinski definition) is 1. The lowest BCUT2D eigenvalue weighted by atomic mass is 10.0. The van der Waals surface area contributed by atoms with Crippen molar-refractivity contribution in [3.63, 3.8) is 0 Å². The Morgan fingerprint density at radius 3 is 2.55 bits per heavy atom. The lowest BCUT2D eigenvalue weighted by molar-refractivity contribution is 1.46. The first kappa shape index (κ1) is 11.2. The Labute approximate surface area is 117 Å². The Bertz CT molecular complexity index is 842. The number of anilines is 1. The summed E-state index contributed by atoms with van der Waals surface area (Å²) in [6.45, 7) is 2.09. The third-order valence-electron chi connectivity index (χ3n) is 3.65. The van der Waals surface area contributed by atoms with Gasteiger partial charge in [0.05, 0.1) is 5.69 Å². The molecule has 0 unspecified atom stereocenters. The molecule has 0 amide bonds. The maximum atomic E-state index is 4.73. The fourth-order valence-electron chi connectivity index (χ4n) is 2.75. The lowest BCUT2D eigenvalue weighted by Gasteiger charge is -2.08. The number of amidine groups is 1. The van der Waals surface area contributed by atoms with Gasteiger partial charge in [-0.2, -0.15) is 0 Å². The minimum atomic E-state index is 0.933. The van der Waals surface area contributed by atoms with Gasteiger partial charge < -0.3 is 5.32 Å². The molecule has 0 saturated carbocycles. The van der Waals surface area contributed by atoms with Gasteiger partial charge in [-0.1, -0.05) is 42.5 Å². The molecule has 96 valence electrons. The van der Waals surface area contributed by atoms with E-state index in [1.54, 1.807) is 0 Å². The zero-order valence-corrected chi connectivity index (χ0v) is 11.2. The van der Waals surface area contributed by atoms with Crippen LogP contribution >= 0.6 is 0 Å². The summed E-state index contributed by atoms with van der Waals surface area (Å²) in [4.78, 5) is 4.73. The molecule has 3 aromatic carbocycles. The Hall–Kier alpha value is -2.61. The fraction of sp³-hybridized carbons (Fsp3) is 0.0556. The number of rotatable bonds is 1. The van der Waals surface area contributed by atoms with E-state index in [1.807, 2.05) is 0 Å². The Kier molecular flexibility index (Phi) is 2.36. The third kappa shape index (κ3) is 1.69. The van der Waals surface area contributed by atoms with Gasteiger partial charge in [0.15, 0.2) is 0 Å². The van der Waals surface area contributed by atoms with Gasteiger partial charge in [0, 0.05) is 16.6 Å². The normalized spacial score (nSPS) is 12.6. The number of nitrogens with zero attached hydrogens (tertiary/aromatic N) is 1. The van der Waals surface area contributed by atoms with Crippen LogP contribution in [0.3, 0.4) is 0 Å². The van der Waals surface area contributed by atoms with Gasteiger partial charge in [0.1, 0.15) is 5.84 Å². The summed E-state index contributed by atoms with van der Waals surface area (Å²) in [7, 11) is 0. The summed E-state index contributed by atoms with van der Waals surface area (Å²) >= 11 is 0. The smallest absolute Gasteiger partial charge is 0.139 e. The molecule has 0 spiro atoms. The van der Waals surface area contributed by atoms with Gasteiger partial charge in [0.25, 0.3) is 0 Å². The Morgan fingerprint density at radius 2 is 1.70 bits per heavy atom. The second kappa shape index (κ2) is 4.20. The average molecular weight is 258 g/mol. The van der Waals surface area contributed by atoms with Gasteiger partial charge >= 0.3 is 0 Å². The highest BCUT2D eigenvalue weighted by molar-refractivity contribution is 6.23. The predicted molar refractivity (Wildman–Crippen MR) is 84.9 cm³/mol. The van der Waals surface area contributed by atoms with Crippen molar-refractivity contribution in [1.82, 2.24) is 0 Å². The van der Waals surface area contributed by atoms with E-state index in [2.05, 4.69) is 72.9 Å². The molecule has 20 heavy (non-hydrogen) atoms. The maximum absolute atomic E-state index is 4.73. The summed E-state index contributed by atoms with van der Waals surface area (Å²) in [5.74, 6) is 0.933. The topological polar surface area (TPSA) is 24.4 Å². The predicted octanol–water partition coefficient (Wildman–Crippen LogP) is 4.65. The number of benzene rings is 3. The minimum absolute atomic E-state index is 0.933. The molecule has 0 fully saturated rings. The van der Waals surface area contributed by atoms with Crippen LogP contribution in [0.2, 0.25) is 0 Å². The molecule has 0 radical (unpaired) electrons. The van der Waals surface area contributed by atoms with Crippen molar-refractivity contribution in [2.45, 2.75) is 6.92 Å². The van der Waals surface area contributed by atoms with E-state index in [0.717, 1.165) is 17.2 Å². The number of nitrogens with one attached hydrogen (secondary N) is 1. The highest BCUT2D eigenvalue weighted by atomic mass is 15.0. The van der Waals surface area contributed by atoms with Crippen molar-refractivity contribution in [3.8, 4) is 0 Å². The quantitative estimate of drug-likeness (QED) is 0.675. The third-order valence-corrected chi connectivity index (χ3v) is 3.65. The molecular formula is C18H14N2. The monoisotopic (exact) mass is 258 g/mol. The van der Waals surface area contributed by atoms with Crippen molar-refractivity contribution in [3.05, 3.63) is 71.8 Å². The largest absolute Gasteiger partial charge is 0.340 e. The molecule has 2 heteroatoms. The van der Waals surface area contributed by atoms with Gasteiger partial charge in [0.2, 0.25) is 0 Å². The van der Waals surface area contributed by atoms with Gasteiger partial charge in [-0.15, -0.1) is 0 Å². The zero-order valence-electron chi connectivity index (χ0n) is 11.2. The molecule has 1 aliphatic heterocycles. The van der Waals surface area contributed by atoms with Crippen LogP contribution in [-0.2, 0) is 0 Å². The molecule has 1 aliphatic rings. The number of hydrogen-bond acceptors (Lipinski definition) is 2. The first-order chi connectivity index (χ1) is 9.81. The van der Waals surface area contributed by atoms with E-state index >= 15 is 0 Å². The lowest BCUT2D eigenvalue weighted by Crippen LogP contribution is -2.11. The van der Waals surface area contributed by atoms with Gasteiger partial charge in [-0.3, -0.25) is 0 Å². The van der Waals surface area contributed by atoms with E-state index in [0.29, 0.717) is 0 Å². The van der Waals surface area contributed by atoms with Crippen molar-refractivity contribution >= 4 is 28.0 Å². The second-order valence-corrected chi connectivity index (χ2v) is 5.14. The number of aryl methyl sites for hydroxylation is 1. The number of aliphatic imine (C=N–C) groups is 1. The first-order valence-corrected chi connectivity index (χ1v) is 6.76. The van der Waals surface area contributed by atoms with Crippen LogP contribution in [0.1, 0.15) is 11.1 Å². The van der Waals surface area contributed by atoms with E-state index in [1.165, 1.54) is 21.9 Å². The molecular weight excluding hydrogens is 244 g/mol. The van der Waals surface area contributed by atoms with E-state index in [9.17, 15) is 0 Å². The molecule has 0 atom stereocenters. The van der Waals surface area contributed by atoms with E-state index in [-0.39, 0.29) is 0 Å². The highest BCUT2D eigenvalue weighted by Crippen LogP contribution is 2.35. The van der Waals surface area contributed by atoms with Crippen LogP contribution in [0, 0.1) is 6.92 Å². The second-order valence-electron chi connectivity index (χ2n) is 5.14. The van der Waals surface area contributed by atoms with Crippen molar-refractivity contribution in [2.75, 3.05) is 5.32 Å². The van der Waals surface area contributed by atoms with Crippen LogP contribution in [0.15, 0.2) is 65.7 Å². The highest BCUT2D eigenvalue weighted by Gasteiger charge is 2.17. The summed E-state index contributed by atoms with van der Waals surface area (Å²) in [6, 6.07) is 20.9. The van der Waals surface area contributed by atoms with Crippen molar-refractivity contribution in [1.29, 1.82) is 0 Å². The summed E-state index contributed by atoms with van der Waals surface area (Å²) in [5, 5.41) is 5.92. The minimum Gasteiger partial charge on any atom is -0.340 e. The van der Waals surface area contributed by atoms with E-state index < -0.39 is 0 Å². The molecule has 4 rings (SSSR count). The summed E-state index contributed by atoms with van der Waals surface area (Å²) in [5.41, 5.74) is 4.55. The average Bonchev–Trinajstić information content (AvgIpc) is 2.80. The summed E-state index contributed by atoms with van der Waals surface area (Å²) in [6.07, 6.45) is 0. The van der Waals surface area contributed by atoms with Crippen LogP contribution in [0.25, 0.3) is 10.8 Å². The van der Waals surface area contributed by atoms with E-state index in [4.69, 9.17) is 4.99 Å². The first-order valence-electron chi connectivity index (χ1n) is 6.76. The summed E-state index contributed by atoms with van der Waals surface area (Å²) < 4.78 is 0. The molecule has 1 N–H and O–H groups in total. The Morgan fingerprint density at radius 1 is 0.900 bits per heavy atom. The maximum Gasteiger partial charge on any atom is 0.139 e. The molecule has 0 bridgehead atoms. The van der Waals surface area contributed by atoms with Crippen molar-refractivity contribution in [2.24, 2.45) is 4.99 Å². The Balaban J connectivity index is 1.81. The van der Waals surface area contributed by atoms with Crippen LogP contribution in [-0.4, -0.2) is 5.84 Å². The standard InChI is InChI=1S/C18H14N2/c1-12-5-2-8-14(11-12)19-18-15-9-3-6-13-7-4-10-16(20-18)17(13)15/h2-11H,1H3,(H,19,20). The molecule has 1 heterocycles.